The summed E-state index contributed by atoms with van der Waals surface area (Å²) in [4.78, 5) is 4.66. The molecule has 0 saturated carbocycles. The monoisotopic (exact) mass is 261 g/mol. The molecule has 1 aliphatic rings. The van der Waals surface area contributed by atoms with Gasteiger partial charge < -0.3 is 9.80 Å². The standard InChI is InChI=1S/C14H16ClN3/c1-17-7-9-18(10-8-17)13-5-4-12(3-2-6-16)14(15)11-13/h2-5,11H,7-10H2,1H3/b3-2+. The second-order valence-electron chi connectivity index (χ2n) is 4.46. The lowest BCUT2D eigenvalue weighted by Crippen LogP contribution is -2.44. The normalized spacial score (nSPS) is 17.1. The third-order valence-electron chi connectivity index (χ3n) is 3.19. The van der Waals surface area contributed by atoms with E-state index >= 15 is 0 Å². The fourth-order valence-corrected chi connectivity index (χ4v) is 2.28. The van der Waals surface area contributed by atoms with E-state index in [1.54, 1.807) is 6.08 Å². The van der Waals surface area contributed by atoms with Crippen LogP contribution in [0.4, 0.5) is 5.69 Å². The summed E-state index contributed by atoms with van der Waals surface area (Å²) in [6, 6.07) is 7.97. The molecule has 4 heteroatoms. The van der Waals surface area contributed by atoms with E-state index in [0.29, 0.717) is 5.02 Å². The molecule has 0 atom stereocenters. The van der Waals surface area contributed by atoms with Crippen LogP contribution in [-0.4, -0.2) is 38.1 Å². The van der Waals surface area contributed by atoms with E-state index < -0.39 is 0 Å². The molecule has 0 unspecified atom stereocenters. The molecule has 1 fully saturated rings. The number of likely N-dealkylation sites (N-methyl/N-ethyl adjacent to an activating group) is 1. The third kappa shape index (κ3) is 3.04. The molecule has 0 aromatic heterocycles. The maximum Gasteiger partial charge on any atom is 0.0912 e. The molecule has 0 aliphatic carbocycles. The maximum atomic E-state index is 8.51. The predicted molar refractivity (Wildman–Crippen MR) is 75.8 cm³/mol. The number of nitrogens with zero attached hydrogens (tertiary/aromatic N) is 3. The van der Waals surface area contributed by atoms with Gasteiger partial charge in [-0.3, -0.25) is 0 Å². The number of anilines is 1. The van der Waals surface area contributed by atoms with Crippen molar-refractivity contribution >= 4 is 23.4 Å². The van der Waals surface area contributed by atoms with Crippen molar-refractivity contribution in [3.05, 3.63) is 34.9 Å². The molecule has 3 nitrogen and oxygen atoms in total. The van der Waals surface area contributed by atoms with Crippen molar-refractivity contribution in [1.29, 1.82) is 5.26 Å². The minimum absolute atomic E-state index is 0.693. The van der Waals surface area contributed by atoms with Crippen LogP contribution in [0.1, 0.15) is 5.56 Å². The Kier molecular flexibility index (Phi) is 4.24. The van der Waals surface area contributed by atoms with Gasteiger partial charge in [0.15, 0.2) is 0 Å². The van der Waals surface area contributed by atoms with Gasteiger partial charge in [0.1, 0.15) is 0 Å². The number of rotatable bonds is 2. The van der Waals surface area contributed by atoms with Crippen LogP contribution in [0.5, 0.6) is 0 Å². The molecule has 1 aromatic rings. The van der Waals surface area contributed by atoms with Crippen molar-refractivity contribution in [1.82, 2.24) is 4.90 Å². The highest BCUT2D eigenvalue weighted by Crippen LogP contribution is 2.25. The highest BCUT2D eigenvalue weighted by atomic mass is 35.5. The molecule has 0 bridgehead atoms. The highest BCUT2D eigenvalue weighted by molar-refractivity contribution is 6.32. The lowest BCUT2D eigenvalue weighted by Gasteiger charge is -2.34. The van der Waals surface area contributed by atoms with Gasteiger partial charge in [0, 0.05) is 43.0 Å². The Morgan fingerprint density at radius 3 is 2.61 bits per heavy atom. The van der Waals surface area contributed by atoms with E-state index in [2.05, 4.69) is 22.9 Å². The average Bonchev–Trinajstić information content (AvgIpc) is 2.38. The Morgan fingerprint density at radius 1 is 1.28 bits per heavy atom. The van der Waals surface area contributed by atoms with E-state index in [4.69, 9.17) is 16.9 Å². The molecule has 1 aromatic carbocycles. The summed E-state index contributed by atoms with van der Waals surface area (Å²) in [6.45, 7) is 4.21. The molecular formula is C14H16ClN3. The van der Waals surface area contributed by atoms with Crippen LogP contribution in [-0.2, 0) is 0 Å². The summed E-state index contributed by atoms with van der Waals surface area (Å²) < 4.78 is 0. The van der Waals surface area contributed by atoms with Gasteiger partial charge >= 0.3 is 0 Å². The summed E-state index contributed by atoms with van der Waals surface area (Å²) in [7, 11) is 2.14. The summed E-state index contributed by atoms with van der Waals surface area (Å²) in [6.07, 6.45) is 3.17. The van der Waals surface area contributed by atoms with Gasteiger partial charge in [-0.25, -0.2) is 0 Å². The highest BCUT2D eigenvalue weighted by Gasteiger charge is 2.14. The topological polar surface area (TPSA) is 30.3 Å². The number of hydrogen-bond acceptors (Lipinski definition) is 3. The van der Waals surface area contributed by atoms with Gasteiger partial charge in [-0.1, -0.05) is 17.7 Å². The van der Waals surface area contributed by atoms with Crippen LogP contribution < -0.4 is 4.90 Å². The van der Waals surface area contributed by atoms with Crippen LogP contribution in [0.15, 0.2) is 24.3 Å². The quantitative estimate of drug-likeness (QED) is 0.767. The summed E-state index contributed by atoms with van der Waals surface area (Å²) in [5.74, 6) is 0. The zero-order chi connectivity index (χ0) is 13.0. The fourth-order valence-electron chi connectivity index (χ4n) is 2.04. The van der Waals surface area contributed by atoms with Gasteiger partial charge in [0.2, 0.25) is 0 Å². The second kappa shape index (κ2) is 5.90. The Labute approximate surface area is 113 Å². The molecule has 2 rings (SSSR count). The van der Waals surface area contributed by atoms with E-state index in [9.17, 15) is 0 Å². The van der Waals surface area contributed by atoms with E-state index in [1.165, 1.54) is 6.08 Å². The van der Waals surface area contributed by atoms with Crippen LogP contribution >= 0.6 is 11.6 Å². The summed E-state index contributed by atoms with van der Waals surface area (Å²) in [5, 5.41) is 9.20. The lowest BCUT2D eigenvalue weighted by molar-refractivity contribution is 0.313. The van der Waals surface area contributed by atoms with Crippen molar-refractivity contribution < 1.29 is 0 Å². The molecule has 0 N–H and O–H groups in total. The second-order valence-corrected chi connectivity index (χ2v) is 4.87. The maximum absolute atomic E-state index is 8.51. The number of benzene rings is 1. The zero-order valence-electron chi connectivity index (χ0n) is 10.4. The number of allylic oxidation sites excluding steroid dienone is 1. The zero-order valence-corrected chi connectivity index (χ0v) is 11.2. The van der Waals surface area contributed by atoms with Gasteiger partial charge in [-0.05, 0) is 30.8 Å². The molecule has 1 heterocycles. The first-order valence-corrected chi connectivity index (χ1v) is 6.38. The summed E-state index contributed by atoms with van der Waals surface area (Å²) in [5.41, 5.74) is 2.04. The van der Waals surface area contributed by atoms with Crippen LogP contribution in [0.3, 0.4) is 0 Å². The first kappa shape index (κ1) is 12.9. The summed E-state index contributed by atoms with van der Waals surface area (Å²) >= 11 is 6.22. The van der Waals surface area contributed by atoms with Crippen molar-refractivity contribution in [2.24, 2.45) is 0 Å². The van der Waals surface area contributed by atoms with Crippen molar-refractivity contribution in [2.45, 2.75) is 0 Å². The molecule has 0 spiro atoms. The van der Waals surface area contributed by atoms with Crippen molar-refractivity contribution in [3.63, 3.8) is 0 Å². The van der Waals surface area contributed by atoms with E-state index in [0.717, 1.165) is 37.4 Å². The molecule has 1 aliphatic heterocycles. The van der Waals surface area contributed by atoms with E-state index in [-0.39, 0.29) is 0 Å². The van der Waals surface area contributed by atoms with Crippen LogP contribution in [0.25, 0.3) is 6.08 Å². The van der Waals surface area contributed by atoms with Crippen LogP contribution in [0.2, 0.25) is 5.02 Å². The van der Waals surface area contributed by atoms with Crippen molar-refractivity contribution in [2.75, 3.05) is 38.1 Å². The molecule has 0 amide bonds. The molecule has 0 radical (unpaired) electrons. The fraction of sp³-hybridized carbons (Fsp3) is 0.357. The number of piperazine rings is 1. The van der Waals surface area contributed by atoms with Gasteiger partial charge in [0.05, 0.1) is 6.07 Å². The molecule has 18 heavy (non-hydrogen) atoms. The van der Waals surface area contributed by atoms with Gasteiger partial charge in [-0.15, -0.1) is 0 Å². The first-order chi connectivity index (χ1) is 8.70. The van der Waals surface area contributed by atoms with Gasteiger partial charge in [0.25, 0.3) is 0 Å². The number of hydrogen-bond donors (Lipinski definition) is 0. The smallest absolute Gasteiger partial charge is 0.0912 e. The van der Waals surface area contributed by atoms with Crippen molar-refractivity contribution in [3.8, 4) is 6.07 Å². The Morgan fingerprint density at radius 2 is 2.00 bits per heavy atom. The van der Waals surface area contributed by atoms with E-state index in [1.807, 2.05) is 18.2 Å². The Balaban J connectivity index is 2.14. The Bertz CT molecular complexity index is 482. The predicted octanol–water partition coefficient (Wildman–Crippen LogP) is 2.63. The minimum atomic E-state index is 0.693. The average molecular weight is 262 g/mol. The molecule has 1 saturated heterocycles. The van der Waals surface area contributed by atoms with Gasteiger partial charge in [-0.2, -0.15) is 5.26 Å². The van der Waals surface area contributed by atoms with Crippen LogP contribution in [0, 0.1) is 11.3 Å². The number of nitriles is 1. The SMILES string of the molecule is CN1CCN(c2ccc(/C=C/C#N)c(Cl)c2)CC1. The first-order valence-electron chi connectivity index (χ1n) is 6.00. The number of halogens is 1. The lowest BCUT2D eigenvalue weighted by atomic mass is 10.1. The minimum Gasteiger partial charge on any atom is -0.369 e. The molecular weight excluding hydrogens is 246 g/mol. The third-order valence-corrected chi connectivity index (χ3v) is 3.52. The Hall–Kier alpha value is -1.50. The largest absolute Gasteiger partial charge is 0.369 e. The molecule has 94 valence electrons.